The zero-order valence-electron chi connectivity index (χ0n) is 13.7. The van der Waals surface area contributed by atoms with Crippen LogP contribution in [-0.2, 0) is 6.61 Å². The molecule has 0 bridgehead atoms. The number of benzene rings is 2. The molecular weight excluding hydrogens is 307 g/mol. The molecule has 0 atom stereocenters. The van der Waals surface area contributed by atoms with E-state index in [1.807, 2.05) is 17.9 Å². The van der Waals surface area contributed by atoms with Gasteiger partial charge in [0.15, 0.2) is 0 Å². The van der Waals surface area contributed by atoms with E-state index in [1.165, 1.54) is 6.07 Å². The number of nitrogens with zero attached hydrogens (tertiary/aromatic N) is 1. The van der Waals surface area contributed by atoms with Crippen LogP contribution in [0.25, 0.3) is 0 Å². The molecule has 2 aromatic carbocycles. The largest absolute Gasteiger partial charge is 0.392 e. The Labute approximate surface area is 140 Å². The lowest BCUT2D eigenvalue weighted by molar-refractivity contribution is 0.102. The van der Waals surface area contributed by atoms with Gasteiger partial charge in [-0.15, -0.1) is 0 Å². The van der Waals surface area contributed by atoms with Crippen LogP contribution in [0.4, 0.5) is 15.8 Å². The van der Waals surface area contributed by atoms with Crippen molar-refractivity contribution in [2.45, 2.75) is 26.4 Å². The predicted octanol–water partition coefficient (Wildman–Crippen LogP) is 3.48. The van der Waals surface area contributed by atoms with Gasteiger partial charge in [0.2, 0.25) is 0 Å². The van der Waals surface area contributed by atoms with Crippen molar-refractivity contribution in [3.63, 3.8) is 0 Å². The van der Waals surface area contributed by atoms with Crippen molar-refractivity contribution in [3.05, 3.63) is 58.9 Å². The van der Waals surface area contributed by atoms with Gasteiger partial charge in [0.25, 0.3) is 5.91 Å². The fourth-order valence-corrected chi connectivity index (χ4v) is 2.96. The maximum atomic E-state index is 14.3. The fourth-order valence-electron chi connectivity index (χ4n) is 2.96. The smallest absolute Gasteiger partial charge is 0.255 e. The summed E-state index contributed by atoms with van der Waals surface area (Å²) in [5.74, 6) is -0.731. The Morgan fingerprint density at radius 2 is 1.96 bits per heavy atom. The second-order valence-electron chi connectivity index (χ2n) is 6.12. The molecule has 126 valence electrons. The van der Waals surface area contributed by atoms with Gasteiger partial charge in [-0.3, -0.25) is 4.79 Å². The molecule has 0 aromatic heterocycles. The van der Waals surface area contributed by atoms with Crippen LogP contribution in [0.1, 0.15) is 34.3 Å². The Morgan fingerprint density at radius 1 is 1.21 bits per heavy atom. The van der Waals surface area contributed by atoms with E-state index >= 15 is 0 Å². The number of aliphatic hydroxyl groups excluding tert-OH is 1. The lowest BCUT2D eigenvalue weighted by atomic mass is 10.1. The van der Waals surface area contributed by atoms with E-state index < -0.39 is 0 Å². The SMILES string of the molecule is Cc1ccc(CO)cc1NC(=O)c1ccc(N2CCCC2)c(F)c1. The highest BCUT2D eigenvalue weighted by molar-refractivity contribution is 6.04. The molecule has 4 nitrogen and oxygen atoms in total. The number of halogens is 1. The molecule has 3 rings (SSSR count). The first-order chi connectivity index (χ1) is 11.6. The number of nitrogens with one attached hydrogen (secondary N) is 1. The number of aryl methyl sites for hydroxylation is 1. The highest BCUT2D eigenvalue weighted by Gasteiger charge is 2.18. The topological polar surface area (TPSA) is 52.6 Å². The summed E-state index contributed by atoms with van der Waals surface area (Å²) >= 11 is 0. The first-order valence-corrected chi connectivity index (χ1v) is 8.15. The molecule has 1 heterocycles. The van der Waals surface area contributed by atoms with Crippen LogP contribution in [0.15, 0.2) is 36.4 Å². The first-order valence-electron chi connectivity index (χ1n) is 8.15. The summed E-state index contributed by atoms with van der Waals surface area (Å²) in [6.45, 7) is 3.49. The normalized spacial score (nSPS) is 14.0. The minimum absolute atomic E-state index is 0.0949. The first kappa shape index (κ1) is 16.5. The van der Waals surface area contributed by atoms with Crippen molar-refractivity contribution < 1.29 is 14.3 Å². The number of anilines is 2. The summed E-state index contributed by atoms with van der Waals surface area (Å²) in [6, 6.07) is 9.97. The van der Waals surface area contributed by atoms with Crippen LogP contribution < -0.4 is 10.2 Å². The van der Waals surface area contributed by atoms with Gasteiger partial charge in [-0.05, 0) is 55.2 Å². The predicted molar refractivity (Wildman–Crippen MR) is 92.9 cm³/mol. The molecule has 1 aliphatic rings. The molecule has 2 aromatic rings. The van der Waals surface area contributed by atoms with Crippen LogP contribution in [-0.4, -0.2) is 24.1 Å². The Kier molecular flexibility index (Phi) is 4.81. The molecular formula is C19H21FN2O2. The van der Waals surface area contributed by atoms with E-state index in [4.69, 9.17) is 0 Å². The third-order valence-corrected chi connectivity index (χ3v) is 4.39. The average Bonchev–Trinajstić information content (AvgIpc) is 3.11. The summed E-state index contributed by atoms with van der Waals surface area (Å²) in [5.41, 5.74) is 3.06. The lowest BCUT2D eigenvalue weighted by Gasteiger charge is -2.18. The van der Waals surface area contributed by atoms with E-state index in [0.29, 0.717) is 16.9 Å². The maximum absolute atomic E-state index is 14.3. The van der Waals surface area contributed by atoms with Gasteiger partial charge in [-0.1, -0.05) is 12.1 Å². The number of carbonyl (C=O) groups is 1. The van der Waals surface area contributed by atoms with Gasteiger partial charge in [0.1, 0.15) is 5.82 Å². The standard InChI is InChI=1S/C19H21FN2O2/c1-13-4-5-14(12-23)10-17(13)21-19(24)15-6-7-18(16(20)11-15)22-8-2-3-9-22/h4-7,10-11,23H,2-3,8-9,12H2,1H3,(H,21,24). The van der Waals surface area contributed by atoms with Gasteiger partial charge in [0, 0.05) is 24.3 Å². The third kappa shape index (κ3) is 3.41. The molecule has 0 saturated carbocycles. The summed E-state index contributed by atoms with van der Waals surface area (Å²) in [4.78, 5) is 14.4. The minimum atomic E-state index is -0.370. The Hall–Kier alpha value is -2.40. The van der Waals surface area contributed by atoms with E-state index in [2.05, 4.69) is 5.32 Å². The number of aliphatic hydroxyl groups is 1. The average molecular weight is 328 g/mol. The second-order valence-corrected chi connectivity index (χ2v) is 6.12. The Balaban J connectivity index is 1.79. The molecule has 1 saturated heterocycles. The fraction of sp³-hybridized carbons (Fsp3) is 0.316. The van der Waals surface area contributed by atoms with Gasteiger partial charge in [-0.2, -0.15) is 0 Å². The van der Waals surface area contributed by atoms with Crippen molar-refractivity contribution in [1.82, 2.24) is 0 Å². The van der Waals surface area contributed by atoms with Crippen LogP contribution in [0.5, 0.6) is 0 Å². The second kappa shape index (κ2) is 7.01. The zero-order valence-corrected chi connectivity index (χ0v) is 13.7. The molecule has 0 unspecified atom stereocenters. The van der Waals surface area contributed by atoms with Crippen LogP contribution in [0.2, 0.25) is 0 Å². The van der Waals surface area contributed by atoms with Crippen molar-refractivity contribution >= 4 is 17.3 Å². The molecule has 1 aliphatic heterocycles. The monoisotopic (exact) mass is 328 g/mol. The highest BCUT2D eigenvalue weighted by Crippen LogP contribution is 2.25. The molecule has 0 radical (unpaired) electrons. The molecule has 2 N–H and O–H groups in total. The highest BCUT2D eigenvalue weighted by atomic mass is 19.1. The molecule has 24 heavy (non-hydrogen) atoms. The number of hydrogen-bond donors (Lipinski definition) is 2. The van der Waals surface area contributed by atoms with E-state index in [1.54, 1.807) is 24.3 Å². The molecule has 1 amide bonds. The molecule has 1 fully saturated rings. The Morgan fingerprint density at radius 3 is 2.62 bits per heavy atom. The van der Waals surface area contributed by atoms with Crippen LogP contribution in [0.3, 0.4) is 0 Å². The minimum Gasteiger partial charge on any atom is -0.392 e. The molecule has 0 spiro atoms. The summed E-state index contributed by atoms with van der Waals surface area (Å²) < 4.78 is 14.3. The van der Waals surface area contributed by atoms with Gasteiger partial charge < -0.3 is 15.3 Å². The van der Waals surface area contributed by atoms with E-state index in [-0.39, 0.29) is 23.9 Å². The van der Waals surface area contributed by atoms with Crippen molar-refractivity contribution in [2.24, 2.45) is 0 Å². The number of rotatable bonds is 4. The van der Waals surface area contributed by atoms with E-state index in [9.17, 15) is 14.3 Å². The molecule has 5 heteroatoms. The zero-order chi connectivity index (χ0) is 17.1. The number of amides is 1. The summed E-state index contributed by atoms with van der Waals surface area (Å²) in [7, 11) is 0. The number of carbonyl (C=O) groups excluding carboxylic acids is 1. The summed E-state index contributed by atoms with van der Waals surface area (Å²) in [6.07, 6.45) is 2.14. The van der Waals surface area contributed by atoms with Gasteiger partial charge in [-0.25, -0.2) is 4.39 Å². The van der Waals surface area contributed by atoms with E-state index in [0.717, 1.165) is 31.5 Å². The van der Waals surface area contributed by atoms with Crippen molar-refractivity contribution in [3.8, 4) is 0 Å². The van der Waals surface area contributed by atoms with Gasteiger partial charge >= 0.3 is 0 Å². The third-order valence-electron chi connectivity index (χ3n) is 4.39. The molecule has 0 aliphatic carbocycles. The Bertz CT molecular complexity index is 755. The van der Waals surface area contributed by atoms with Crippen molar-refractivity contribution in [1.29, 1.82) is 0 Å². The number of hydrogen-bond acceptors (Lipinski definition) is 3. The van der Waals surface area contributed by atoms with Crippen LogP contribution in [0, 0.1) is 12.7 Å². The lowest BCUT2D eigenvalue weighted by Crippen LogP contribution is -2.20. The van der Waals surface area contributed by atoms with Gasteiger partial charge in [0.05, 0.1) is 12.3 Å². The van der Waals surface area contributed by atoms with Crippen molar-refractivity contribution in [2.75, 3.05) is 23.3 Å². The maximum Gasteiger partial charge on any atom is 0.255 e. The summed E-state index contributed by atoms with van der Waals surface area (Å²) in [5, 5.41) is 12.0. The van der Waals surface area contributed by atoms with Crippen LogP contribution >= 0.6 is 0 Å². The quantitative estimate of drug-likeness (QED) is 0.903.